The molecule has 0 aromatic heterocycles. The van der Waals surface area contributed by atoms with Crippen LogP contribution in [0.25, 0.3) is 0 Å². The summed E-state index contributed by atoms with van der Waals surface area (Å²) in [5.41, 5.74) is 2.22. The highest BCUT2D eigenvalue weighted by Crippen LogP contribution is 2.48. The Kier molecular flexibility index (Phi) is 5.30. The third kappa shape index (κ3) is 4.78. The van der Waals surface area contributed by atoms with E-state index in [1.165, 1.54) is 5.56 Å². The van der Waals surface area contributed by atoms with Gasteiger partial charge in [-0.05, 0) is 48.4 Å². The van der Waals surface area contributed by atoms with Gasteiger partial charge >= 0.3 is 0 Å². The summed E-state index contributed by atoms with van der Waals surface area (Å²) in [7, 11) is 0. The fourth-order valence-corrected chi connectivity index (χ4v) is 3.87. The van der Waals surface area contributed by atoms with Gasteiger partial charge in [-0.1, -0.05) is 58.4 Å². The summed E-state index contributed by atoms with van der Waals surface area (Å²) in [5, 5.41) is 6.04. The van der Waals surface area contributed by atoms with Gasteiger partial charge < -0.3 is 10.6 Å². The van der Waals surface area contributed by atoms with Gasteiger partial charge in [0.2, 0.25) is 11.8 Å². The van der Waals surface area contributed by atoms with Crippen LogP contribution in [0.5, 0.6) is 0 Å². The van der Waals surface area contributed by atoms with Crippen LogP contribution < -0.4 is 10.6 Å². The Bertz CT molecular complexity index is 835. The van der Waals surface area contributed by atoms with Crippen molar-refractivity contribution < 1.29 is 9.59 Å². The molecule has 2 saturated carbocycles. The zero-order chi connectivity index (χ0) is 18.8. The normalized spacial score (nSPS) is 22.0. The van der Waals surface area contributed by atoms with E-state index in [-0.39, 0.29) is 29.7 Å². The van der Waals surface area contributed by atoms with E-state index in [4.69, 9.17) is 0 Å². The van der Waals surface area contributed by atoms with Crippen molar-refractivity contribution in [1.82, 2.24) is 10.6 Å². The molecule has 2 aliphatic carbocycles. The molecule has 140 valence electrons. The average molecular weight is 427 g/mol. The van der Waals surface area contributed by atoms with Crippen molar-refractivity contribution in [3.8, 4) is 0 Å². The van der Waals surface area contributed by atoms with Crippen LogP contribution in [0.4, 0.5) is 0 Å². The molecule has 27 heavy (non-hydrogen) atoms. The average Bonchev–Trinajstić information content (AvgIpc) is 3.56. The molecule has 2 aromatic carbocycles. The first-order valence-corrected chi connectivity index (χ1v) is 10.3. The van der Waals surface area contributed by atoms with Crippen molar-refractivity contribution in [2.45, 2.75) is 43.7 Å². The topological polar surface area (TPSA) is 58.2 Å². The molecule has 0 saturated heterocycles. The molecule has 2 fully saturated rings. The highest BCUT2D eigenvalue weighted by Gasteiger charge is 2.45. The van der Waals surface area contributed by atoms with E-state index >= 15 is 0 Å². The summed E-state index contributed by atoms with van der Waals surface area (Å²) >= 11 is 3.49. The molecular formula is C22H23BrN2O2. The number of carbonyl (C=O) groups is 2. The molecule has 2 amide bonds. The number of amides is 2. The van der Waals surface area contributed by atoms with Crippen LogP contribution in [0, 0.1) is 5.92 Å². The van der Waals surface area contributed by atoms with Gasteiger partial charge in [0.15, 0.2) is 0 Å². The van der Waals surface area contributed by atoms with Crippen LogP contribution in [0.1, 0.15) is 36.3 Å². The van der Waals surface area contributed by atoms with Crippen molar-refractivity contribution >= 4 is 27.7 Å². The monoisotopic (exact) mass is 426 g/mol. The van der Waals surface area contributed by atoms with E-state index in [9.17, 15) is 9.59 Å². The van der Waals surface area contributed by atoms with Crippen molar-refractivity contribution in [3.63, 3.8) is 0 Å². The van der Waals surface area contributed by atoms with E-state index in [1.807, 2.05) is 42.5 Å². The first-order valence-electron chi connectivity index (χ1n) is 9.50. The molecule has 3 atom stereocenters. The first kappa shape index (κ1) is 18.2. The SMILES string of the molecule is O=C(NC1CC1)C(Cc1ccccc1)NC(=O)C1CC1c1cccc(Br)c1. The number of rotatable bonds is 7. The van der Waals surface area contributed by atoms with Crippen LogP contribution in [-0.2, 0) is 16.0 Å². The maximum Gasteiger partial charge on any atom is 0.243 e. The van der Waals surface area contributed by atoms with E-state index in [0.717, 1.165) is 29.3 Å². The quantitative estimate of drug-likeness (QED) is 0.710. The zero-order valence-electron chi connectivity index (χ0n) is 15.0. The zero-order valence-corrected chi connectivity index (χ0v) is 16.6. The smallest absolute Gasteiger partial charge is 0.243 e. The molecule has 4 rings (SSSR count). The standard InChI is InChI=1S/C22H23BrN2O2/c23-16-8-4-7-15(12-16)18-13-19(18)21(26)25-20(22(27)24-17-9-10-17)11-14-5-2-1-3-6-14/h1-8,12,17-20H,9-11,13H2,(H,24,27)(H,25,26). The second-order valence-corrected chi connectivity index (χ2v) is 8.45. The van der Waals surface area contributed by atoms with Gasteiger partial charge in [-0.15, -0.1) is 0 Å². The Morgan fingerprint density at radius 2 is 1.85 bits per heavy atom. The predicted octanol–water partition coefficient (Wildman–Crippen LogP) is 3.56. The summed E-state index contributed by atoms with van der Waals surface area (Å²) < 4.78 is 1.02. The largest absolute Gasteiger partial charge is 0.352 e. The van der Waals surface area contributed by atoms with Crippen molar-refractivity contribution in [2.24, 2.45) is 5.92 Å². The highest BCUT2D eigenvalue weighted by atomic mass is 79.9. The Morgan fingerprint density at radius 1 is 1.07 bits per heavy atom. The van der Waals surface area contributed by atoms with Gasteiger partial charge in [0.1, 0.15) is 6.04 Å². The third-order valence-corrected chi connectivity index (χ3v) is 5.74. The van der Waals surface area contributed by atoms with Crippen LogP contribution in [0.3, 0.4) is 0 Å². The minimum absolute atomic E-state index is 0.0214. The molecule has 3 unspecified atom stereocenters. The maximum absolute atomic E-state index is 12.8. The lowest BCUT2D eigenvalue weighted by Gasteiger charge is -2.19. The van der Waals surface area contributed by atoms with E-state index in [2.05, 4.69) is 38.7 Å². The first-order chi connectivity index (χ1) is 13.1. The van der Waals surface area contributed by atoms with Gasteiger partial charge in [0.05, 0.1) is 0 Å². The van der Waals surface area contributed by atoms with Crippen molar-refractivity contribution in [1.29, 1.82) is 0 Å². The van der Waals surface area contributed by atoms with Gasteiger partial charge in [-0.25, -0.2) is 0 Å². The van der Waals surface area contributed by atoms with Crippen molar-refractivity contribution in [3.05, 3.63) is 70.2 Å². The van der Waals surface area contributed by atoms with Gasteiger partial charge in [-0.2, -0.15) is 0 Å². The molecule has 0 aliphatic heterocycles. The molecule has 0 radical (unpaired) electrons. The molecule has 0 bridgehead atoms. The number of hydrogen-bond donors (Lipinski definition) is 2. The molecular weight excluding hydrogens is 404 g/mol. The van der Waals surface area contributed by atoms with Crippen LogP contribution in [0.15, 0.2) is 59.1 Å². The summed E-state index contributed by atoms with van der Waals surface area (Å²) in [6.45, 7) is 0. The molecule has 2 aliphatic rings. The number of benzene rings is 2. The van der Waals surface area contributed by atoms with Crippen molar-refractivity contribution in [2.75, 3.05) is 0 Å². The summed E-state index contributed by atoms with van der Waals surface area (Å²) in [4.78, 5) is 25.4. The number of hydrogen-bond acceptors (Lipinski definition) is 2. The van der Waals surface area contributed by atoms with E-state index in [0.29, 0.717) is 6.42 Å². The lowest BCUT2D eigenvalue weighted by molar-refractivity contribution is -0.129. The Morgan fingerprint density at radius 3 is 2.56 bits per heavy atom. The number of nitrogens with one attached hydrogen (secondary N) is 2. The lowest BCUT2D eigenvalue weighted by Crippen LogP contribution is -2.49. The Balaban J connectivity index is 1.41. The Labute approximate surface area is 167 Å². The minimum atomic E-state index is -0.524. The lowest BCUT2D eigenvalue weighted by atomic mass is 10.0. The number of halogens is 1. The highest BCUT2D eigenvalue weighted by molar-refractivity contribution is 9.10. The van der Waals surface area contributed by atoms with E-state index < -0.39 is 6.04 Å². The third-order valence-electron chi connectivity index (χ3n) is 5.24. The maximum atomic E-state index is 12.8. The van der Waals surface area contributed by atoms with Crippen LogP contribution >= 0.6 is 15.9 Å². The Hall–Kier alpha value is -2.14. The fraction of sp³-hybridized carbons (Fsp3) is 0.364. The second-order valence-electron chi connectivity index (χ2n) is 7.54. The number of carbonyl (C=O) groups excluding carboxylic acids is 2. The molecule has 2 N–H and O–H groups in total. The molecule has 0 heterocycles. The summed E-state index contributed by atoms with van der Waals surface area (Å²) in [5.74, 6) is 0.0962. The summed E-state index contributed by atoms with van der Waals surface area (Å²) in [6, 6.07) is 17.7. The fourth-order valence-electron chi connectivity index (χ4n) is 3.46. The molecule has 5 heteroatoms. The predicted molar refractivity (Wildman–Crippen MR) is 108 cm³/mol. The van der Waals surface area contributed by atoms with Gasteiger partial charge in [-0.3, -0.25) is 9.59 Å². The van der Waals surface area contributed by atoms with E-state index in [1.54, 1.807) is 0 Å². The van der Waals surface area contributed by atoms with Gasteiger partial charge in [0, 0.05) is 22.9 Å². The van der Waals surface area contributed by atoms with Crippen LogP contribution in [0.2, 0.25) is 0 Å². The minimum Gasteiger partial charge on any atom is -0.352 e. The molecule has 0 spiro atoms. The second kappa shape index (κ2) is 7.85. The van der Waals surface area contributed by atoms with Crippen LogP contribution in [-0.4, -0.2) is 23.9 Å². The summed E-state index contributed by atoms with van der Waals surface area (Å²) in [6.07, 6.45) is 3.42. The molecule has 2 aromatic rings. The molecule has 4 nitrogen and oxygen atoms in total. The van der Waals surface area contributed by atoms with Gasteiger partial charge in [0.25, 0.3) is 0 Å².